The number of carboxylic acids is 1. The number of rotatable bonds is 3. The van der Waals surface area contributed by atoms with Gasteiger partial charge in [-0.3, -0.25) is 4.79 Å². The summed E-state index contributed by atoms with van der Waals surface area (Å²) in [5.41, 5.74) is 5.51. The maximum atomic E-state index is 10.2. The molecular weight excluding hydrogens is 164 g/mol. The van der Waals surface area contributed by atoms with E-state index in [-0.39, 0.29) is 6.42 Å². The van der Waals surface area contributed by atoms with Crippen molar-refractivity contribution in [2.45, 2.75) is 12.5 Å². The lowest BCUT2D eigenvalue weighted by molar-refractivity contribution is -0.137. The van der Waals surface area contributed by atoms with Crippen molar-refractivity contribution in [3.05, 3.63) is 16.6 Å². The van der Waals surface area contributed by atoms with Crippen molar-refractivity contribution < 1.29 is 9.90 Å². The maximum Gasteiger partial charge on any atom is 0.305 e. The second kappa shape index (κ2) is 3.45. The zero-order valence-corrected chi connectivity index (χ0v) is 6.54. The summed E-state index contributed by atoms with van der Waals surface area (Å²) >= 11 is 1.37. The molecule has 3 N–H and O–H groups in total. The Labute approximate surface area is 67.7 Å². The summed E-state index contributed by atoms with van der Waals surface area (Å²) < 4.78 is 0. The van der Waals surface area contributed by atoms with Crippen molar-refractivity contribution in [2.75, 3.05) is 0 Å². The van der Waals surface area contributed by atoms with Gasteiger partial charge < -0.3 is 10.8 Å². The Balaban J connectivity index is 2.56. The minimum atomic E-state index is -0.896. The minimum absolute atomic E-state index is 0.0620. The third kappa shape index (κ3) is 2.28. The summed E-state index contributed by atoms with van der Waals surface area (Å²) in [5.74, 6) is -0.896. The Kier molecular flexibility index (Phi) is 2.56. The molecule has 0 spiro atoms. The lowest BCUT2D eigenvalue weighted by Crippen LogP contribution is -2.14. The van der Waals surface area contributed by atoms with Gasteiger partial charge in [-0.25, -0.2) is 4.98 Å². The number of hydrogen-bond donors (Lipinski definition) is 2. The SMILES string of the molecule is N[C@@H](CC(=O)O)c1nccs1. The molecule has 4 nitrogen and oxygen atoms in total. The van der Waals surface area contributed by atoms with Crippen LogP contribution in [-0.4, -0.2) is 16.1 Å². The first-order valence-electron chi connectivity index (χ1n) is 3.07. The Morgan fingerprint density at radius 1 is 1.91 bits per heavy atom. The van der Waals surface area contributed by atoms with Gasteiger partial charge in [-0.2, -0.15) is 0 Å². The van der Waals surface area contributed by atoms with Crippen LogP contribution in [0.4, 0.5) is 0 Å². The van der Waals surface area contributed by atoms with Gasteiger partial charge in [-0.05, 0) is 0 Å². The number of thiazole rings is 1. The van der Waals surface area contributed by atoms with Crippen molar-refractivity contribution in [1.29, 1.82) is 0 Å². The second-order valence-electron chi connectivity index (χ2n) is 2.07. The van der Waals surface area contributed by atoms with Crippen LogP contribution in [0.2, 0.25) is 0 Å². The van der Waals surface area contributed by atoms with E-state index in [2.05, 4.69) is 4.98 Å². The molecule has 11 heavy (non-hydrogen) atoms. The van der Waals surface area contributed by atoms with Crippen molar-refractivity contribution in [3.63, 3.8) is 0 Å². The number of aromatic nitrogens is 1. The lowest BCUT2D eigenvalue weighted by Gasteiger charge is -2.02. The van der Waals surface area contributed by atoms with Crippen molar-refractivity contribution >= 4 is 17.3 Å². The van der Waals surface area contributed by atoms with E-state index in [0.717, 1.165) is 0 Å². The van der Waals surface area contributed by atoms with Crippen molar-refractivity contribution in [2.24, 2.45) is 5.73 Å². The lowest BCUT2D eigenvalue weighted by atomic mass is 10.2. The van der Waals surface area contributed by atoms with Crippen LogP contribution in [0.1, 0.15) is 17.5 Å². The smallest absolute Gasteiger partial charge is 0.305 e. The largest absolute Gasteiger partial charge is 0.481 e. The maximum absolute atomic E-state index is 10.2. The quantitative estimate of drug-likeness (QED) is 0.700. The van der Waals surface area contributed by atoms with Crippen LogP contribution in [0.15, 0.2) is 11.6 Å². The first kappa shape index (κ1) is 8.16. The number of aliphatic carboxylic acids is 1. The summed E-state index contributed by atoms with van der Waals surface area (Å²) in [7, 11) is 0. The van der Waals surface area contributed by atoms with Gasteiger partial charge in [0.2, 0.25) is 0 Å². The molecule has 0 saturated heterocycles. The molecule has 0 radical (unpaired) electrons. The zero-order valence-electron chi connectivity index (χ0n) is 5.73. The summed E-state index contributed by atoms with van der Waals surface area (Å²) in [6.07, 6.45) is 1.55. The molecule has 0 saturated carbocycles. The Hall–Kier alpha value is -0.940. The molecule has 0 aliphatic heterocycles. The molecule has 60 valence electrons. The van der Waals surface area contributed by atoms with Gasteiger partial charge in [0.05, 0.1) is 12.5 Å². The fourth-order valence-corrected chi connectivity index (χ4v) is 1.33. The molecule has 1 heterocycles. The molecule has 0 amide bonds. The molecule has 1 atom stereocenters. The highest BCUT2D eigenvalue weighted by Gasteiger charge is 2.11. The summed E-state index contributed by atoms with van der Waals surface area (Å²) in [6, 6.07) is -0.465. The minimum Gasteiger partial charge on any atom is -0.481 e. The van der Waals surface area contributed by atoms with E-state index in [1.54, 1.807) is 11.6 Å². The highest BCUT2D eigenvalue weighted by atomic mass is 32.1. The van der Waals surface area contributed by atoms with Gasteiger partial charge in [0.1, 0.15) is 5.01 Å². The number of hydrogen-bond acceptors (Lipinski definition) is 4. The third-order valence-corrected chi connectivity index (χ3v) is 2.07. The number of nitrogens with zero attached hydrogens (tertiary/aromatic N) is 1. The van der Waals surface area contributed by atoms with Crippen LogP contribution in [0.5, 0.6) is 0 Å². The third-order valence-electron chi connectivity index (χ3n) is 1.16. The molecule has 1 aromatic rings. The molecule has 0 aliphatic carbocycles. The molecule has 0 bridgehead atoms. The fraction of sp³-hybridized carbons (Fsp3) is 0.333. The van der Waals surface area contributed by atoms with Gasteiger partial charge in [-0.1, -0.05) is 0 Å². The first-order chi connectivity index (χ1) is 5.20. The van der Waals surface area contributed by atoms with E-state index in [4.69, 9.17) is 10.8 Å². The molecule has 0 aliphatic rings. The normalized spacial score (nSPS) is 12.8. The first-order valence-corrected chi connectivity index (χ1v) is 3.95. The number of carbonyl (C=O) groups is 1. The fourth-order valence-electron chi connectivity index (χ4n) is 0.693. The molecule has 0 unspecified atom stereocenters. The zero-order chi connectivity index (χ0) is 8.27. The summed E-state index contributed by atoms with van der Waals surface area (Å²) in [5, 5.41) is 10.8. The highest BCUT2D eigenvalue weighted by Crippen LogP contribution is 2.15. The van der Waals surface area contributed by atoms with Gasteiger partial charge in [-0.15, -0.1) is 11.3 Å². The van der Waals surface area contributed by atoms with Gasteiger partial charge >= 0.3 is 5.97 Å². The van der Waals surface area contributed by atoms with Crippen LogP contribution >= 0.6 is 11.3 Å². The predicted octanol–water partition coefficient (Wildman–Crippen LogP) is 0.618. The van der Waals surface area contributed by atoms with Crippen LogP contribution in [0, 0.1) is 0 Å². The predicted molar refractivity (Wildman–Crippen MR) is 41.3 cm³/mol. The van der Waals surface area contributed by atoms with Crippen LogP contribution in [0.25, 0.3) is 0 Å². The van der Waals surface area contributed by atoms with E-state index in [0.29, 0.717) is 5.01 Å². The molecule has 1 rings (SSSR count). The Bertz CT molecular complexity index is 235. The molecular formula is C6H8N2O2S. The highest BCUT2D eigenvalue weighted by molar-refractivity contribution is 7.09. The second-order valence-corrected chi connectivity index (χ2v) is 3.00. The standard InChI is InChI=1S/C6H8N2O2S/c7-4(3-5(9)10)6-8-1-2-11-6/h1-2,4H,3,7H2,(H,9,10)/t4-/m0/s1. The van der Waals surface area contributed by atoms with E-state index < -0.39 is 12.0 Å². The van der Waals surface area contributed by atoms with Crippen LogP contribution in [-0.2, 0) is 4.79 Å². The summed E-state index contributed by atoms with van der Waals surface area (Å²) in [4.78, 5) is 14.1. The molecule has 0 aromatic carbocycles. The molecule has 0 fully saturated rings. The number of nitrogens with two attached hydrogens (primary N) is 1. The van der Waals surface area contributed by atoms with Crippen molar-refractivity contribution in [3.8, 4) is 0 Å². The molecule has 5 heteroatoms. The van der Waals surface area contributed by atoms with E-state index in [9.17, 15) is 4.79 Å². The van der Waals surface area contributed by atoms with Crippen LogP contribution in [0.3, 0.4) is 0 Å². The van der Waals surface area contributed by atoms with Gasteiger partial charge in [0.25, 0.3) is 0 Å². The molecule has 1 aromatic heterocycles. The Morgan fingerprint density at radius 3 is 3.09 bits per heavy atom. The van der Waals surface area contributed by atoms with Crippen molar-refractivity contribution in [1.82, 2.24) is 4.98 Å². The number of carboxylic acid groups (broad SMARTS) is 1. The van der Waals surface area contributed by atoms with Crippen LogP contribution < -0.4 is 5.73 Å². The Morgan fingerprint density at radius 2 is 2.64 bits per heavy atom. The summed E-state index contributed by atoms with van der Waals surface area (Å²) in [6.45, 7) is 0. The van der Waals surface area contributed by atoms with E-state index in [1.807, 2.05) is 0 Å². The van der Waals surface area contributed by atoms with Gasteiger partial charge in [0, 0.05) is 11.6 Å². The van der Waals surface area contributed by atoms with E-state index >= 15 is 0 Å². The topological polar surface area (TPSA) is 76.2 Å². The van der Waals surface area contributed by atoms with Gasteiger partial charge in [0.15, 0.2) is 0 Å². The average Bonchev–Trinajstić information content (AvgIpc) is 2.35. The average molecular weight is 172 g/mol. The monoisotopic (exact) mass is 172 g/mol. The van der Waals surface area contributed by atoms with E-state index in [1.165, 1.54) is 11.3 Å².